The minimum atomic E-state index is -0.760. The fourth-order valence-electron chi connectivity index (χ4n) is 3.85. The Labute approximate surface area is 225 Å². The Morgan fingerprint density at radius 2 is 1.64 bits per heavy atom. The fraction of sp³-hybridized carbons (Fsp3) is 0.200. The van der Waals surface area contributed by atoms with Gasteiger partial charge in [-0.1, -0.05) is 47.6 Å². The molecule has 0 unspecified atom stereocenters. The van der Waals surface area contributed by atoms with E-state index in [4.69, 9.17) is 9.26 Å². The molecule has 4 aromatic rings. The third-order valence-electron chi connectivity index (χ3n) is 5.54. The van der Waals surface area contributed by atoms with E-state index in [0.717, 1.165) is 0 Å². The van der Waals surface area contributed by atoms with Crippen molar-refractivity contribution in [3.05, 3.63) is 89.9 Å². The van der Waals surface area contributed by atoms with E-state index in [1.807, 2.05) is 0 Å². The van der Waals surface area contributed by atoms with E-state index in [1.165, 1.54) is 12.1 Å². The average Bonchev–Trinajstić information content (AvgIpc) is 3.31. The Bertz CT molecular complexity index is 1520. The number of carbonyl (C=O) groups is 3. The summed E-state index contributed by atoms with van der Waals surface area (Å²) in [5.41, 5.74) is 2.59. The van der Waals surface area contributed by atoms with E-state index in [0.29, 0.717) is 33.7 Å². The Morgan fingerprint density at radius 3 is 2.31 bits per heavy atom. The van der Waals surface area contributed by atoms with Crippen molar-refractivity contribution in [2.75, 3.05) is 10.6 Å². The van der Waals surface area contributed by atoms with Crippen LogP contribution in [0.1, 0.15) is 43.2 Å². The third kappa shape index (κ3) is 7.16. The Balaban J connectivity index is 1.57. The lowest BCUT2D eigenvalue weighted by Gasteiger charge is -2.22. The predicted molar refractivity (Wildman–Crippen MR) is 146 cm³/mol. The van der Waals surface area contributed by atoms with Crippen LogP contribution in [-0.2, 0) is 9.53 Å². The molecule has 1 aromatic heterocycles. The number of para-hydroxylation sites is 1. The van der Waals surface area contributed by atoms with Crippen LogP contribution in [0, 0.1) is 12.7 Å². The predicted octanol–water partition coefficient (Wildman–Crippen LogP) is 7.01. The number of hydrogen-bond donors (Lipinski definition) is 2. The molecule has 2 amide bonds. The van der Waals surface area contributed by atoms with Crippen molar-refractivity contribution in [1.29, 1.82) is 0 Å². The van der Waals surface area contributed by atoms with Crippen molar-refractivity contribution in [2.24, 2.45) is 0 Å². The number of halogens is 1. The number of anilines is 2. The van der Waals surface area contributed by atoms with Gasteiger partial charge < -0.3 is 14.6 Å². The molecule has 0 radical (unpaired) electrons. The zero-order valence-electron chi connectivity index (χ0n) is 22.0. The van der Waals surface area contributed by atoms with Crippen LogP contribution in [0.2, 0.25) is 0 Å². The first-order valence-electron chi connectivity index (χ1n) is 12.2. The van der Waals surface area contributed by atoms with Gasteiger partial charge in [0.1, 0.15) is 11.4 Å². The molecule has 1 heterocycles. The van der Waals surface area contributed by atoms with Crippen molar-refractivity contribution >= 4 is 29.2 Å². The number of ether oxygens (including phenoxy) is 1. The molecule has 0 bridgehead atoms. The lowest BCUT2D eigenvalue weighted by Crippen LogP contribution is -2.28. The lowest BCUT2D eigenvalue weighted by molar-refractivity contribution is -0.115. The molecule has 39 heavy (non-hydrogen) atoms. The second-order valence-corrected chi connectivity index (χ2v) is 9.92. The maximum atomic E-state index is 13.5. The van der Waals surface area contributed by atoms with E-state index in [-0.39, 0.29) is 11.4 Å². The maximum absolute atomic E-state index is 13.5. The van der Waals surface area contributed by atoms with Crippen LogP contribution in [0.4, 0.5) is 20.6 Å². The van der Waals surface area contributed by atoms with Gasteiger partial charge in [0.15, 0.2) is 11.5 Å². The quantitative estimate of drug-likeness (QED) is 0.197. The second kappa shape index (κ2) is 11.3. The molecule has 0 aliphatic carbocycles. The van der Waals surface area contributed by atoms with Gasteiger partial charge in [-0.2, -0.15) is 0 Å². The summed E-state index contributed by atoms with van der Waals surface area (Å²) in [7, 11) is 0. The van der Waals surface area contributed by atoms with Crippen molar-refractivity contribution in [2.45, 2.75) is 39.7 Å². The van der Waals surface area contributed by atoms with Crippen molar-refractivity contribution in [3.8, 4) is 22.5 Å². The normalized spacial score (nSPS) is 11.1. The molecular weight excluding hydrogens is 501 g/mol. The van der Waals surface area contributed by atoms with Crippen LogP contribution in [0.15, 0.2) is 77.3 Å². The van der Waals surface area contributed by atoms with Crippen molar-refractivity contribution in [1.82, 2.24) is 5.16 Å². The Kier molecular flexibility index (Phi) is 7.90. The molecule has 0 aliphatic heterocycles. The summed E-state index contributed by atoms with van der Waals surface area (Å²) < 4.78 is 24.2. The topological polar surface area (TPSA) is 111 Å². The van der Waals surface area contributed by atoms with Gasteiger partial charge in [-0.05, 0) is 57.5 Å². The molecule has 0 fully saturated rings. The number of benzene rings is 3. The first-order chi connectivity index (χ1) is 18.5. The summed E-state index contributed by atoms with van der Waals surface area (Å²) in [4.78, 5) is 38.5. The van der Waals surface area contributed by atoms with Crippen LogP contribution in [0.5, 0.6) is 0 Å². The molecule has 3 aromatic carbocycles. The van der Waals surface area contributed by atoms with Crippen LogP contribution >= 0.6 is 0 Å². The highest BCUT2D eigenvalue weighted by Gasteiger charge is 2.21. The molecule has 8 nitrogen and oxygen atoms in total. The number of rotatable bonds is 7. The van der Waals surface area contributed by atoms with Crippen LogP contribution < -0.4 is 10.6 Å². The second-order valence-electron chi connectivity index (χ2n) is 9.92. The highest BCUT2D eigenvalue weighted by Crippen LogP contribution is 2.35. The van der Waals surface area contributed by atoms with E-state index in [1.54, 1.807) is 88.4 Å². The van der Waals surface area contributed by atoms with Crippen LogP contribution in [0.25, 0.3) is 22.5 Å². The number of amides is 2. The first-order valence-corrected chi connectivity index (χ1v) is 12.2. The SMILES string of the molecule is Cc1cc(-c2cccc(C(=O)CC(=O)Nc3cccc(-c4ccc(F)cc4)c3NC(=O)OC(C)(C)C)c2)on1. The van der Waals surface area contributed by atoms with Gasteiger partial charge in [0.25, 0.3) is 0 Å². The van der Waals surface area contributed by atoms with Crippen molar-refractivity contribution in [3.63, 3.8) is 0 Å². The number of hydrogen-bond acceptors (Lipinski definition) is 6. The molecule has 4 rings (SSSR count). The summed E-state index contributed by atoms with van der Waals surface area (Å²) in [5, 5.41) is 9.28. The molecule has 0 spiro atoms. The monoisotopic (exact) mass is 529 g/mol. The summed E-state index contributed by atoms with van der Waals surface area (Å²) in [6.45, 7) is 6.98. The Hall–Kier alpha value is -4.79. The van der Waals surface area contributed by atoms with Gasteiger partial charge in [0.2, 0.25) is 5.91 Å². The molecule has 0 atom stereocenters. The number of aromatic nitrogens is 1. The number of carbonyl (C=O) groups excluding carboxylic acids is 3. The standard InChI is InChI=1S/C30H28FN3O5/c1-18-15-26(39-34-18)21-8-5-7-20(16-21)25(35)17-27(36)32-24-10-6-9-23(19-11-13-22(31)14-12-19)28(24)33-29(37)38-30(2,3)4/h5-16H,17H2,1-4H3,(H,32,36)(H,33,37). The Morgan fingerprint density at radius 1 is 0.923 bits per heavy atom. The molecular formula is C30H28FN3O5. The summed E-state index contributed by atoms with van der Waals surface area (Å²) in [6, 6.07) is 19.2. The van der Waals surface area contributed by atoms with Gasteiger partial charge in [0.05, 0.1) is 23.5 Å². The molecule has 9 heteroatoms. The minimum absolute atomic E-state index is 0.252. The van der Waals surface area contributed by atoms with Gasteiger partial charge in [0, 0.05) is 22.8 Å². The summed E-state index contributed by atoms with van der Waals surface area (Å²) in [6.07, 6.45) is -1.17. The lowest BCUT2D eigenvalue weighted by atomic mass is 10.0. The maximum Gasteiger partial charge on any atom is 0.412 e. The molecule has 0 aliphatic rings. The zero-order valence-corrected chi connectivity index (χ0v) is 22.0. The summed E-state index contributed by atoms with van der Waals surface area (Å²) >= 11 is 0. The van der Waals surface area contributed by atoms with Gasteiger partial charge in [-0.15, -0.1) is 0 Å². The highest BCUT2D eigenvalue weighted by atomic mass is 19.1. The van der Waals surface area contributed by atoms with Gasteiger partial charge >= 0.3 is 6.09 Å². The van der Waals surface area contributed by atoms with Crippen LogP contribution in [0.3, 0.4) is 0 Å². The van der Waals surface area contributed by atoms with Crippen LogP contribution in [-0.4, -0.2) is 28.5 Å². The molecule has 2 N–H and O–H groups in total. The molecule has 0 saturated carbocycles. The number of nitrogens with one attached hydrogen (secondary N) is 2. The molecule has 0 saturated heterocycles. The van der Waals surface area contributed by atoms with E-state index in [9.17, 15) is 18.8 Å². The van der Waals surface area contributed by atoms with E-state index < -0.39 is 35.6 Å². The molecule has 200 valence electrons. The highest BCUT2D eigenvalue weighted by molar-refractivity contribution is 6.13. The zero-order chi connectivity index (χ0) is 28.2. The average molecular weight is 530 g/mol. The largest absolute Gasteiger partial charge is 0.444 e. The van der Waals surface area contributed by atoms with Gasteiger partial charge in [-0.3, -0.25) is 14.9 Å². The van der Waals surface area contributed by atoms with E-state index in [2.05, 4.69) is 15.8 Å². The summed E-state index contributed by atoms with van der Waals surface area (Å²) in [5.74, 6) is -0.876. The first kappa shape index (κ1) is 27.3. The van der Waals surface area contributed by atoms with E-state index >= 15 is 0 Å². The third-order valence-corrected chi connectivity index (χ3v) is 5.54. The van der Waals surface area contributed by atoms with Crippen molar-refractivity contribution < 1.29 is 28.0 Å². The number of ketones is 1. The minimum Gasteiger partial charge on any atom is -0.444 e. The number of aryl methyl sites for hydroxylation is 1. The number of nitrogens with zero attached hydrogens (tertiary/aromatic N) is 1. The number of Topliss-reactive ketones (excluding diaryl/α,β-unsaturated/α-hetero) is 1. The van der Waals surface area contributed by atoms with Gasteiger partial charge in [-0.25, -0.2) is 9.18 Å². The fourth-order valence-corrected chi connectivity index (χ4v) is 3.85. The smallest absolute Gasteiger partial charge is 0.412 e.